The summed E-state index contributed by atoms with van der Waals surface area (Å²) in [6, 6.07) is 0. The van der Waals surface area contributed by atoms with Crippen LogP contribution in [-0.2, 0) is 13.5 Å². The third-order valence-electron chi connectivity index (χ3n) is 1.84. The monoisotopic (exact) mass is 244 g/mol. The number of aldehydes is 1. The Balaban J connectivity index is 3.05. The van der Waals surface area contributed by atoms with E-state index in [0.29, 0.717) is 11.6 Å². The Morgan fingerprint density at radius 2 is 2.23 bits per heavy atom. The van der Waals surface area contributed by atoms with Crippen LogP contribution in [0.1, 0.15) is 30.0 Å². The van der Waals surface area contributed by atoms with E-state index in [0.717, 1.165) is 22.9 Å². The zero-order chi connectivity index (χ0) is 10.0. The number of carbonyl (C=O) groups excluding carboxylic acids is 1. The van der Waals surface area contributed by atoms with Gasteiger partial charge in [0.05, 0.1) is 10.2 Å². The van der Waals surface area contributed by atoms with Crippen LogP contribution in [0.3, 0.4) is 0 Å². The van der Waals surface area contributed by atoms with E-state index in [2.05, 4.69) is 34.9 Å². The summed E-state index contributed by atoms with van der Waals surface area (Å²) in [7, 11) is 1.86. The maximum Gasteiger partial charge on any atom is 0.171 e. The van der Waals surface area contributed by atoms with E-state index >= 15 is 0 Å². The van der Waals surface area contributed by atoms with Gasteiger partial charge < -0.3 is 0 Å². The normalized spacial score (nSPS) is 10.8. The molecule has 0 saturated heterocycles. The molecule has 0 fully saturated rings. The molecule has 0 amide bonds. The molecule has 72 valence electrons. The Labute approximate surface area is 86.3 Å². The van der Waals surface area contributed by atoms with E-state index in [1.54, 1.807) is 4.68 Å². The van der Waals surface area contributed by atoms with Gasteiger partial charge in [-0.25, -0.2) is 0 Å². The Morgan fingerprint density at radius 1 is 1.62 bits per heavy atom. The van der Waals surface area contributed by atoms with Crippen molar-refractivity contribution in [1.82, 2.24) is 9.78 Å². The average Bonchev–Trinajstić information content (AvgIpc) is 2.31. The molecule has 0 atom stereocenters. The molecule has 0 aliphatic carbocycles. The molecule has 4 heteroatoms. The van der Waals surface area contributed by atoms with Gasteiger partial charge in [0, 0.05) is 7.05 Å². The van der Waals surface area contributed by atoms with Crippen molar-refractivity contribution in [2.75, 3.05) is 0 Å². The predicted octanol–water partition coefficient (Wildman–Crippen LogP) is 2.19. The lowest BCUT2D eigenvalue weighted by Crippen LogP contribution is -2.02. The van der Waals surface area contributed by atoms with Crippen molar-refractivity contribution in [2.24, 2.45) is 13.0 Å². The minimum absolute atomic E-state index is 0.484. The molecule has 0 aliphatic rings. The molecule has 0 bridgehead atoms. The van der Waals surface area contributed by atoms with Gasteiger partial charge in [0.15, 0.2) is 6.29 Å². The van der Waals surface area contributed by atoms with Crippen molar-refractivity contribution in [2.45, 2.75) is 20.3 Å². The molecule has 0 unspecified atom stereocenters. The zero-order valence-electron chi connectivity index (χ0n) is 8.04. The Morgan fingerprint density at radius 3 is 2.62 bits per heavy atom. The summed E-state index contributed by atoms with van der Waals surface area (Å²) in [5.74, 6) is 0.561. The Kier molecular flexibility index (Phi) is 3.25. The summed E-state index contributed by atoms with van der Waals surface area (Å²) in [4.78, 5) is 10.6. The lowest BCUT2D eigenvalue weighted by Gasteiger charge is -2.05. The number of carbonyl (C=O) groups is 1. The van der Waals surface area contributed by atoms with Crippen molar-refractivity contribution in [3.8, 4) is 0 Å². The second kappa shape index (κ2) is 4.05. The summed E-state index contributed by atoms with van der Waals surface area (Å²) < 4.78 is 2.59. The largest absolute Gasteiger partial charge is 0.296 e. The maximum absolute atomic E-state index is 10.6. The van der Waals surface area contributed by atoms with Crippen molar-refractivity contribution in [3.63, 3.8) is 0 Å². The van der Waals surface area contributed by atoms with E-state index in [9.17, 15) is 4.79 Å². The fraction of sp³-hybridized carbons (Fsp3) is 0.556. The van der Waals surface area contributed by atoms with E-state index in [1.807, 2.05) is 7.05 Å². The third kappa shape index (κ3) is 2.18. The van der Waals surface area contributed by atoms with Crippen LogP contribution in [0.2, 0.25) is 0 Å². The highest BCUT2D eigenvalue weighted by atomic mass is 79.9. The fourth-order valence-electron chi connectivity index (χ4n) is 1.24. The number of nitrogens with zero attached hydrogens (tertiary/aromatic N) is 2. The molecule has 0 aliphatic heterocycles. The van der Waals surface area contributed by atoms with Gasteiger partial charge in [-0.2, -0.15) is 5.10 Å². The highest BCUT2D eigenvalue weighted by Crippen LogP contribution is 2.22. The highest BCUT2D eigenvalue weighted by molar-refractivity contribution is 9.10. The number of hydrogen-bond acceptors (Lipinski definition) is 2. The molecule has 13 heavy (non-hydrogen) atoms. The van der Waals surface area contributed by atoms with Crippen LogP contribution in [0, 0.1) is 5.92 Å². The third-order valence-corrected chi connectivity index (χ3v) is 2.70. The molecular weight excluding hydrogens is 232 g/mol. The molecule has 1 aromatic heterocycles. The van der Waals surface area contributed by atoms with Crippen LogP contribution in [0.4, 0.5) is 0 Å². The van der Waals surface area contributed by atoms with Crippen molar-refractivity contribution in [3.05, 3.63) is 15.9 Å². The van der Waals surface area contributed by atoms with Crippen LogP contribution in [0.25, 0.3) is 0 Å². The second-order valence-corrected chi connectivity index (χ2v) is 4.28. The molecule has 0 aromatic carbocycles. The summed E-state index contributed by atoms with van der Waals surface area (Å²) in [5.41, 5.74) is 1.57. The van der Waals surface area contributed by atoms with Gasteiger partial charge in [-0.05, 0) is 28.3 Å². The molecule has 0 N–H and O–H groups in total. The summed E-state index contributed by atoms with van der Waals surface area (Å²) in [5, 5.41) is 4.08. The predicted molar refractivity (Wildman–Crippen MR) is 54.8 cm³/mol. The second-order valence-electron chi connectivity index (χ2n) is 3.49. The molecule has 3 nitrogen and oxygen atoms in total. The first-order chi connectivity index (χ1) is 6.06. The summed E-state index contributed by atoms with van der Waals surface area (Å²) in [6.45, 7) is 4.28. The first kappa shape index (κ1) is 10.4. The van der Waals surface area contributed by atoms with Gasteiger partial charge >= 0.3 is 0 Å². The quantitative estimate of drug-likeness (QED) is 0.765. The van der Waals surface area contributed by atoms with Crippen LogP contribution in [-0.4, -0.2) is 16.1 Å². The standard InChI is InChI=1S/C9H13BrN2O/c1-6(2)4-8-9(10)7(5-13)11-12(8)3/h5-6H,4H2,1-3H3. The summed E-state index contributed by atoms with van der Waals surface area (Å²) in [6.07, 6.45) is 1.70. The van der Waals surface area contributed by atoms with Gasteiger partial charge in [0.2, 0.25) is 0 Å². The van der Waals surface area contributed by atoms with E-state index in [-0.39, 0.29) is 0 Å². The minimum Gasteiger partial charge on any atom is -0.296 e. The molecular formula is C9H13BrN2O. The zero-order valence-corrected chi connectivity index (χ0v) is 9.63. The number of halogens is 1. The van der Waals surface area contributed by atoms with Gasteiger partial charge in [0.25, 0.3) is 0 Å². The van der Waals surface area contributed by atoms with Crippen LogP contribution >= 0.6 is 15.9 Å². The maximum atomic E-state index is 10.6. The Hall–Kier alpha value is -0.640. The summed E-state index contributed by atoms with van der Waals surface area (Å²) >= 11 is 3.38. The van der Waals surface area contributed by atoms with Crippen LogP contribution < -0.4 is 0 Å². The number of hydrogen-bond donors (Lipinski definition) is 0. The number of aryl methyl sites for hydroxylation is 1. The molecule has 0 spiro atoms. The SMILES string of the molecule is CC(C)Cc1c(Br)c(C=O)nn1C. The molecule has 0 radical (unpaired) electrons. The van der Waals surface area contributed by atoms with Gasteiger partial charge in [-0.3, -0.25) is 9.48 Å². The van der Waals surface area contributed by atoms with E-state index < -0.39 is 0 Å². The van der Waals surface area contributed by atoms with Crippen molar-refractivity contribution < 1.29 is 4.79 Å². The fourth-order valence-corrected chi connectivity index (χ4v) is 1.83. The Bertz CT molecular complexity index is 318. The van der Waals surface area contributed by atoms with Crippen molar-refractivity contribution >= 4 is 22.2 Å². The van der Waals surface area contributed by atoms with Crippen LogP contribution in [0.5, 0.6) is 0 Å². The smallest absolute Gasteiger partial charge is 0.171 e. The van der Waals surface area contributed by atoms with E-state index in [1.165, 1.54) is 0 Å². The number of rotatable bonds is 3. The van der Waals surface area contributed by atoms with E-state index in [4.69, 9.17) is 0 Å². The lowest BCUT2D eigenvalue weighted by atomic mass is 10.1. The topological polar surface area (TPSA) is 34.9 Å². The molecule has 0 saturated carbocycles. The molecule has 1 rings (SSSR count). The molecule has 1 heterocycles. The van der Waals surface area contributed by atoms with Crippen molar-refractivity contribution in [1.29, 1.82) is 0 Å². The minimum atomic E-state index is 0.484. The highest BCUT2D eigenvalue weighted by Gasteiger charge is 2.13. The average molecular weight is 245 g/mol. The molecule has 1 aromatic rings. The van der Waals surface area contributed by atoms with Gasteiger partial charge in [0.1, 0.15) is 5.69 Å². The number of aromatic nitrogens is 2. The first-order valence-electron chi connectivity index (χ1n) is 4.22. The van der Waals surface area contributed by atoms with Gasteiger partial charge in [-0.15, -0.1) is 0 Å². The van der Waals surface area contributed by atoms with Crippen LogP contribution in [0.15, 0.2) is 4.47 Å². The van der Waals surface area contributed by atoms with Gasteiger partial charge in [-0.1, -0.05) is 13.8 Å². The first-order valence-corrected chi connectivity index (χ1v) is 5.02. The lowest BCUT2D eigenvalue weighted by molar-refractivity contribution is 0.111.